The maximum atomic E-state index is 13.4. The number of fused-ring (bicyclic) bond motifs is 1. The summed E-state index contributed by atoms with van der Waals surface area (Å²) in [6.07, 6.45) is 0.849. The van der Waals surface area contributed by atoms with Crippen molar-refractivity contribution in [2.45, 2.75) is 39.0 Å². The van der Waals surface area contributed by atoms with Crippen molar-refractivity contribution in [1.29, 1.82) is 0 Å². The Morgan fingerprint density at radius 2 is 1.93 bits per heavy atom. The molecule has 0 spiro atoms. The number of rotatable bonds is 9. The predicted molar refractivity (Wildman–Crippen MR) is 153 cm³/mol. The number of methoxy groups -OCH3 is 1. The van der Waals surface area contributed by atoms with Crippen molar-refractivity contribution in [3.63, 3.8) is 0 Å². The van der Waals surface area contributed by atoms with E-state index < -0.39 is 12.1 Å². The highest BCUT2D eigenvalue weighted by atomic mass is 16.5. The lowest BCUT2D eigenvalue weighted by molar-refractivity contribution is -0.134. The van der Waals surface area contributed by atoms with Crippen LogP contribution in [0.2, 0.25) is 0 Å². The molecule has 0 radical (unpaired) electrons. The predicted octanol–water partition coefficient (Wildman–Crippen LogP) is 1.63. The van der Waals surface area contributed by atoms with Crippen LogP contribution in [0, 0.1) is 5.92 Å². The molecule has 3 aromatic rings. The van der Waals surface area contributed by atoms with E-state index in [-0.39, 0.29) is 49.9 Å². The minimum Gasteiger partial charge on any atom is -0.497 e. The number of benzene rings is 2. The number of nitrogens with zero attached hydrogens (tertiary/aromatic N) is 6. The highest BCUT2D eigenvalue weighted by Crippen LogP contribution is 2.29. The minimum absolute atomic E-state index is 0.00359. The molecule has 4 rings (SSSR count). The Balaban J connectivity index is 1.54. The summed E-state index contributed by atoms with van der Waals surface area (Å²) in [5.74, 6) is 0.432. The molecule has 14 heteroatoms. The Hall–Kier alpha value is -4.72. The summed E-state index contributed by atoms with van der Waals surface area (Å²) in [5.41, 5.74) is 1.66. The maximum Gasteiger partial charge on any atom is 0.321 e. The summed E-state index contributed by atoms with van der Waals surface area (Å²) in [6.45, 7) is 4.00. The molecule has 1 aliphatic heterocycles. The van der Waals surface area contributed by atoms with E-state index in [1.54, 1.807) is 68.4 Å². The fourth-order valence-corrected chi connectivity index (χ4v) is 4.57. The van der Waals surface area contributed by atoms with Gasteiger partial charge in [-0.15, -0.1) is 5.10 Å². The summed E-state index contributed by atoms with van der Waals surface area (Å²) < 4.78 is 12.9. The average molecular weight is 581 g/mol. The van der Waals surface area contributed by atoms with E-state index in [0.717, 1.165) is 0 Å². The van der Waals surface area contributed by atoms with Gasteiger partial charge in [-0.2, -0.15) is 0 Å². The number of ether oxygens (including phenoxy) is 2. The van der Waals surface area contributed by atoms with E-state index in [9.17, 15) is 19.5 Å². The number of anilines is 2. The first-order valence-electron chi connectivity index (χ1n) is 13.5. The molecule has 1 aromatic heterocycles. The molecule has 2 heterocycles. The van der Waals surface area contributed by atoms with Gasteiger partial charge in [0.05, 0.1) is 32.7 Å². The van der Waals surface area contributed by atoms with Crippen LogP contribution in [0.15, 0.2) is 48.8 Å². The van der Waals surface area contributed by atoms with E-state index in [1.807, 2.05) is 6.92 Å². The van der Waals surface area contributed by atoms with Crippen LogP contribution >= 0.6 is 0 Å². The molecule has 14 nitrogen and oxygen atoms in total. The van der Waals surface area contributed by atoms with Gasteiger partial charge >= 0.3 is 6.03 Å². The zero-order chi connectivity index (χ0) is 30.2. The lowest BCUT2D eigenvalue weighted by atomic mass is 10.0. The molecule has 0 bridgehead atoms. The fraction of sp³-hybridized carbons (Fsp3) is 0.429. The highest BCUT2D eigenvalue weighted by Gasteiger charge is 2.32. The second kappa shape index (κ2) is 13.8. The number of urea groups is 1. The van der Waals surface area contributed by atoms with Crippen molar-refractivity contribution >= 4 is 29.2 Å². The van der Waals surface area contributed by atoms with Crippen molar-refractivity contribution < 1.29 is 29.0 Å². The van der Waals surface area contributed by atoms with Gasteiger partial charge in [-0.3, -0.25) is 9.59 Å². The van der Waals surface area contributed by atoms with Crippen molar-refractivity contribution in [1.82, 2.24) is 30.0 Å². The third-order valence-corrected chi connectivity index (χ3v) is 7.04. The van der Waals surface area contributed by atoms with Crippen LogP contribution in [0.4, 0.5) is 16.2 Å². The van der Waals surface area contributed by atoms with Crippen LogP contribution in [-0.2, 0) is 22.6 Å². The summed E-state index contributed by atoms with van der Waals surface area (Å²) in [6, 6.07) is 11.4. The maximum absolute atomic E-state index is 13.4. The molecule has 42 heavy (non-hydrogen) atoms. The number of hydrogen-bond acceptors (Lipinski definition) is 9. The average Bonchev–Trinajstić information content (AvgIpc) is 3.49. The minimum atomic E-state index is -0.491. The molecule has 0 saturated carbocycles. The number of aromatic nitrogens is 4. The standard InChI is InChI=1S/C28H36N8O6/c1-18-13-36(19(2)16-37)27(39)12-20-11-22(30-26(38)15-35-17-29-32-33-35)7-10-24(20)42-25(18)14-34(3)28(40)31-21-5-8-23(41-4)9-6-21/h5-11,17-19,25,37H,12-16H2,1-4H3,(H,30,38)(H,31,40)/t18-,19-,25+/m0/s1. The molecule has 0 saturated heterocycles. The Labute approximate surface area is 243 Å². The summed E-state index contributed by atoms with van der Waals surface area (Å²) in [7, 11) is 3.24. The first-order chi connectivity index (χ1) is 20.2. The summed E-state index contributed by atoms with van der Waals surface area (Å²) >= 11 is 0. The lowest BCUT2D eigenvalue weighted by Crippen LogP contribution is -2.48. The van der Waals surface area contributed by atoms with E-state index in [1.165, 1.54) is 15.9 Å². The molecule has 3 N–H and O–H groups in total. The second-order valence-electron chi connectivity index (χ2n) is 10.3. The normalized spacial score (nSPS) is 17.5. The zero-order valence-electron chi connectivity index (χ0n) is 24.1. The molecule has 0 aliphatic carbocycles. The van der Waals surface area contributed by atoms with Gasteiger partial charge < -0.3 is 35.0 Å². The quantitative estimate of drug-likeness (QED) is 0.341. The third kappa shape index (κ3) is 7.72. The number of aliphatic hydroxyl groups excluding tert-OH is 1. The number of aliphatic hydroxyl groups is 1. The van der Waals surface area contributed by atoms with Crippen LogP contribution in [0.5, 0.6) is 11.5 Å². The Bertz CT molecular complexity index is 1370. The van der Waals surface area contributed by atoms with E-state index in [0.29, 0.717) is 35.0 Å². The summed E-state index contributed by atoms with van der Waals surface area (Å²) in [4.78, 5) is 42.1. The van der Waals surface area contributed by atoms with Crippen molar-refractivity contribution in [3.05, 3.63) is 54.4 Å². The lowest BCUT2D eigenvalue weighted by Gasteiger charge is -2.34. The topological polar surface area (TPSA) is 164 Å². The first-order valence-corrected chi connectivity index (χ1v) is 13.5. The van der Waals surface area contributed by atoms with Gasteiger partial charge in [0, 0.05) is 36.4 Å². The van der Waals surface area contributed by atoms with Crippen molar-refractivity contribution in [2.24, 2.45) is 5.92 Å². The van der Waals surface area contributed by atoms with Gasteiger partial charge in [0.15, 0.2) is 0 Å². The van der Waals surface area contributed by atoms with Gasteiger partial charge in [0.2, 0.25) is 11.8 Å². The molecular weight excluding hydrogens is 544 g/mol. The van der Waals surface area contributed by atoms with Crippen LogP contribution < -0.4 is 20.1 Å². The van der Waals surface area contributed by atoms with Gasteiger partial charge in [-0.1, -0.05) is 6.92 Å². The first kappa shape index (κ1) is 30.2. The largest absolute Gasteiger partial charge is 0.497 e. The molecule has 0 fully saturated rings. The van der Waals surface area contributed by atoms with Crippen molar-refractivity contribution in [2.75, 3.05) is 44.5 Å². The molecule has 1 aliphatic rings. The van der Waals surface area contributed by atoms with Crippen LogP contribution in [0.3, 0.4) is 0 Å². The highest BCUT2D eigenvalue weighted by molar-refractivity contribution is 5.91. The van der Waals surface area contributed by atoms with E-state index >= 15 is 0 Å². The van der Waals surface area contributed by atoms with Gasteiger partial charge in [0.25, 0.3) is 0 Å². The second-order valence-corrected chi connectivity index (χ2v) is 10.3. The number of carbonyl (C=O) groups is 3. The number of amides is 4. The Morgan fingerprint density at radius 3 is 2.60 bits per heavy atom. The van der Waals surface area contributed by atoms with Gasteiger partial charge in [0.1, 0.15) is 30.5 Å². The fourth-order valence-electron chi connectivity index (χ4n) is 4.57. The molecule has 2 aromatic carbocycles. The number of tetrazole rings is 1. The monoisotopic (exact) mass is 580 g/mol. The SMILES string of the molecule is COc1ccc(NC(=O)N(C)C[C@H]2Oc3ccc(NC(=O)Cn4cnnn4)cc3CC(=O)N([C@@H](C)CO)C[C@@H]2C)cc1. The molecule has 224 valence electrons. The van der Waals surface area contributed by atoms with Gasteiger partial charge in [-0.25, -0.2) is 9.48 Å². The molecule has 4 amide bonds. The number of likely N-dealkylation sites (N-methyl/N-ethyl adjacent to an activating group) is 1. The molecule has 0 unspecified atom stereocenters. The summed E-state index contributed by atoms with van der Waals surface area (Å²) in [5, 5.41) is 26.3. The third-order valence-electron chi connectivity index (χ3n) is 7.04. The van der Waals surface area contributed by atoms with Gasteiger partial charge in [-0.05, 0) is 59.8 Å². The number of nitrogens with one attached hydrogen (secondary N) is 2. The number of carbonyl (C=O) groups excluding carboxylic acids is 3. The smallest absolute Gasteiger partial charge is 0.321 e. The van der Waals surface area contributed by atoms with E-state index in [2.05, 4.69) is 26.2 Å². The van der Waals surface area contributed by atoms with Crippen LogP contribution in [-0.4, -0.2) is 99.0 Å². The zero-order valence-corrected chi connectivity index (χ0v) is 24.1. The van der Waals surface area contributed by atoms with Crippen LogP contribution in [0.1, 0.15) is 19.4 Å². The van der Waals surface area contributed by atoms with Crippen LogP contribution in [0.25, 0.3) is 0 Å². The molecule has 3 atom stereocenters. The molecular formula is C28H36N8O6. The Kier molecular flexibility index (Phi) is 9.91. The number of hydrogen-bond donors (Lipinski definition) is 3. The van der Waals surface area contributed by atoms with E-state index in [4.69, 9.17) is 9.47 Å². The Morgan fingerprint density at radius 1 is 1.19 bits per heavy atom. The van der Waals surface area contributed by atoms with Crippen molar-refractivity contribution in [3.8, 4) is 11.5 Å².